The standard InChI is InChI=1S/C16H27NO/c1-12(2)17-11-16(5,6)14-7-9-15(10-8-14)18-13(3)4/h7-10,12-13,17H,11H2,1-6H3. The van der Waals surface area contributed by atoms with E-state index in [4.69, 9.17) is 4.74 Å². The van der Waals surface area contributed by atoms with Crippen molar-refractivity contribution in [1.29, 1.82) is 0 Å². The van der Waals surface area contributed by atoms with E-state index in [-0.39, 0.29) is 11.5 Å². The van der Waals surface area contributed by atoms with Gasteiger partial charge < -0.3 is 10.1 Å². The van der Waals surface area contributed by atoms with Crippen LogP contribution in [0.15, 0.2) is 24.3 Å². The van der Waals surface area contributed by atoms with Crippen molar-refractivity contribution in [1.82, 2.24) is 5.32 Å². The van der Waals surface area contributed by atoms with Crippen LogP contribution in [0.4, 0.5) is 0 Å². The van der Waals surface area contributed by atoms with Gasteiger partial charge in [-0.1, -0.05) is 39.8 Å². The molecule has 0 spiro atoms. The minimum Gasteiger partial charge on any atom is -0.491 e. The quantitative estimate of drug-likeness (QED) is 0.829. The molecule has 1 rings (SSSR count). The lowest BCUT2D eigenvalue weighted by atomic mass is 9.84. The average Bonchev–Trinajstić information content (AvgIpc) is 2.26. The molecule has 2 nitrogen and oxygen atoms in total. The molecule has 0 aliphatic carbocycles. The Kier molecular flexibility index (Phi) is 5.21. The molecule has 0 aromatic heterocycles. The van der Waals surface area contributed by atoms with Crippen molar-refractivity contribution in [3.8, 4) is 5.75 Å². The first-order valence-corrected chi connectivity index (χ1v) is 6.82. The highest BCUT2D eigenvalue weighted by Crippen LogP contribution is 2.25. The van der Waals surface area contributed by atoms with Crippen LogP contribution in [-0.2, 0) is 5.41 Å². The van der Waals surface area contributed by atoms with E-state index >= 15 is 0 Å². The molecule has 0 atom stereocenters. The molecular formula is C16H27NO. The largest absolute Gasteiger partial charge is 0.491 e. The van der Waals surface area contributed by atoms with Crippen molar-refractivity contribution >= 4 is 0 Å². The van der Waals surface area contributed by atoms with Crippen molar-refractivity contribution in [2.75, 3.05) is 6.54 Å². The lowest BCUT2D eigenvalue weighted by Gasteiger charge is -2.27. The van der Waals surface area contributed by atoms with E-state index in [2.05, 4.69) is 57.3 Å². The van der Waals surface area contributed by atoms with Gasteiger partial charge in [-0.15, -0.1) is 0 Å². The van der Waals surface area contributed by atoms with Crippen LogP contribution in [0.3, 0.4) is 0 Å². The van der Waals surface area contributed by atoms with Crippen molar-refractivity contribution in [3.05, 3.63) is 29.8 Å². The number of rotatable bonds is 6. The highest BCUT2D eigenvalue weighted by Gasteiger charge is 2.20. The van der Waals surface area contributed by atoms with Crippen LogP contribution in [0.2, 0.25) is 0 Å². The molecule has 0 saturated carbocycles. The van der Waals surface area contributed by atoms with E-state index < -0.39 is 0 Å². The van der Waals surface area contributed by atoms with Gasteiger partial charge in [-0.3, -0.25) is 0 Å². The number of nitrogens with one attached hydrogen (secondary N) is 1. The van der Waals surface area contributed by atoms with Crippen molar-refractivity contribution in [2.45, 2.75) is 59.1 Å². The minimum absolute atomic E-state index is 0.140. The van der Waals surface area contributed by atoms with E-state index in [1.165, 1.54) is 5.56 Å². The molecule has 0 aliphatic heterocycles. The van der Waals surface area contributed by atoms with Gasteiger partial charge in [0.2, 0.25) is 0 Å². The van der Waals surface area contributed by atoms with E-state index in [1.807, 2.05) is 13.8 Å². The summed E-state index contributed by atoms with van der Waals surface area (Å²) in [6.45, 7) is 14.0. The molecule has 1 aromatic carbocycles. The Morgan fingerprint density at radius 2 is 1.61 bits per heavy atom. The zero-order chi connectivity index (χ0) is 13.8. The molecule has 0 unspecified atom stereocenters. The summed E-state index contributed by atoms with van der Waals surface area (Å²) in [5.41, 5.74) is 1.48. The lowest BCUT2D eigenvalue weighted by molar-refractivity contribution is 0.242. The van der Waals surface area contributed by atoms with Gasteiger partial charge in [0.15, 0.2) is 0 Å². The summed E-state index contributed by atoms with van der Waals surface area (Å²) < 4.78 is 5.66. The topological polar surface area (TPSA) is 21.3 Å². The van der Waals surface area contributed by atoms with E-state index in [0.29, 0.717) is 6.04 Å². The highest BCUT2D eigenvalue weighted by molar-refractivity contribution is 5.32. The third-order valence-electron chi connectivity index (χ3n) is 2.96. The normalized spacial score (nSPS) is 12.2. The Hall–Kier alpha value is -1.02. The monoisotopic (exact) mass is 249 g/mol. The van der Waals surface area contributed by atoms with Gasteiger partial charge in [0.25, 0.3) is 0 Å². The minimum atomic E-state index is 0.140. The first kappa shape index (κ1) is 15.0. The van der Waals surface area contributed by atoms with E-state index in [1.54, 1.807) is 0 Å². The van der Waals surface area contributed by atoms with Gasteiger partial charge in [-0.2, -0.15) is 0 Å². The third-order valence-corrected chi connectivity index (χ3v) is 2.96. The summed E-state index contributed by atoms with van der Waals surface area (Å²) in [6.07, 6.45) is 0.228. The molecule has 0 bridgehead atoms. The maximum Gasteiger partial charge on any atom is 0.119 e. The zero-order valence-corrected chi connectivity index (χ0v) is 12.6. The molecule has 1 aromatic rings. The van der Waals surface area contributed by atoms with Crippen molar-refractivity contribution in [2.24, 2.45) is 0 Å². The van der Waals surface area contributed by atoms with Crippen molar-refractivity contribution < 1.29 is 4.74 Å². The van der Waals surface area contributed by atoms with Gasteiger partial charge in [0.05, 0.1) is 6.10 Å². The lowest BCUT2D eigenvalue weighted by Crippen LogP contribution is -2.36. The summed E-state index contributed by atoms with van der Waals surface area (Å²) in [6, 6.07) is 8.98. The smallest absolute Gasteiger partial charge is 0.119 e. The molecule has 102 valence electrons. The van der Waals surface area contributed by atoms with Gasteiger partial charge in [-0.25, -0.2) is 0 Å². The van der Waals surface area contributed by atoms with Gasteiger partial charge >= 0.3 is 0 Å². The summed E-state index contributed by atoms with van der Waals surface area (Å²) >= 11 is 0. The maximum absolute atomic E-state index is 5.66. The van der Waals surface area contributed by atoms with Crippen LogP contribution in [-0.4, -0.2) is 18.7 Å². The average molecular weight is 249 g/mol. The molecule has 0 heterocycles. The number of hydrogen-bond donors (Lipinski definition) is 1. The van der Waals surface area contributed by atoms with Crippen LogP contribution >= 0.6 is 0 Å². The molecule has 0 fully saturated rings. The third kappa shape index (κ3) is 4.69. The van der Waals surface area contributed by atoms with Crippen LogP contribution in [0, 0.1) is 0 Å². The van der Waals surface area contributed by atoms with Crippen molar-refractivity contribution in [3.63, 3.8) is 0 Å². The summed E-state index contributed by atoms with van der Waals surface area (Å²) in [4.78, 5) is 0. The molecule has 1 N–H and O–H groups in total. The Balaban J connectivity index is 2.71. The number of ether oxygens (including phenoxy) is 1. The van der Waals surface area contributed by atoms with Crippen LogP contribution in [0.1, 0.15) is 47.1 Å². The first-order chi connectivity index (χ1) is 8.31. The van der Waals surface area contributed by atoms with Gasteiger partial charge in [0, 0.05) is 18.0 Å². The number of hydrogen-bond acceptors (Lipinski definition) is 2. The van der Waals surface area contributed by atoms with Crippen LogP contribution in [0.5, 0.6) is 5.75 Å². The van der Waals surface area contributed by atoms with Crippen LogP contribution < -0.4 is 10.1 Å². The molecule has 18 heavy (non-hydrogen) atoms. The predicted octanol–water partition coefficient (Wildman–Crippen LogP) is 3.75. The van der Waals surface area contributed by atoms with E-state index in [0.717, 1.165) is 12.3 Å². The Morgan fingerprint density at radius 1 is 1.06 bits per heavy atom. The second-order valence-corrected chi connectivity index (χ2v) is 6.11. The predicted molar refractivity (Wildman–Crippen MR) is 78.4 cm³/mol. The second kappa shape index (κ2) is 6.24. The maximum atomic E-state index is 5.66. The van der Waals surface area contributed by atoms with Crippen LogP contribution in [0.25, 0.3) is 0 Å². The Labute approximate surface area is 112 Å². The van der Waals surface area contributed by atoms with Gasteiger partial charge in [-0.05, 0) is 31.5 Å². The Bertz CT molecular complexity index is 352. The fourth-order valence-electron chi connectivity index (χ4n) is 1.82. The fraction of sp³-hybridized carbons (Fsp3) is 0.625. The van der Waals surface area contributed by atoms with Gasteiger partial charge in [0.1, 0.15) is 5.75 Å². The van der Waals surface area contributed by atoms with E-state index in [9.17, 15) is 0 Å². The second-order valence-electron chi connectivity index (χ2n) is 6.11. The molecule has 0 aliphatic rings. The summed E-state index contributed by atoms with van der Waals surface area (Å²) in [5.74, 6) is 0.946. The molecule has 0 amide bonds. The molecule has 0 radical (unpaired) electrons. The Morgan fingerprint density at radius 3 is 2.06 bits per heavy atom. The molecular weight excluding hydrogens is 222 g/mol. The SMILES string of the molecule is CC(C)NCC(C)(C)c1ccc(OC(C)C)cc1. The summed E-state index contributed by atoms with van der Waals surface area (Å²) in [7, 11) is 0. The molecule has 2 heteroatoms. The highest BCUT2D eigenvalue weighted by atomic mass is 16.5. The summed E-state index contributed by atoms with van der Waals surface area (Å²) in [5, 5.41) is 3.50. The molecule has 0 saturated heterocycles. The first-order valence-electron chi connectivity index (χ1n) is 6.82. The number of benzene rings is 1. The zero-order valence-electron chi connectivity index (χ0n) is 12.6. The fourth-order valence-corrected chi connectivity index (χ4v) is 1.82.